The van der Waals surface area contributed by atoms with Crippen LogP contribution in [0, 0.1) is 0 Å². The van der Waals surface area contributed by atoms with Gasteiger partial charge in [-0.25, -0.2) is 0 Å². The Morgan fingerprint density at radius 3 is 2.26 bits per heavy atom. The Kier molecular flexibility index (Phi) is 3.68. The van der Waals surface area contributed by atoms with E-state index in [-0.39, 0.29) is 5.43 Å². The molecule has 0 unspecified atom stereocenters. The zero-order chi connectivity index (χ0) is 20.5. The van der Waals surface area contributed by atoms with Gasteiger partial charge in [-0.3, -0.25) is 9.78 Å². The molecule has 7 rings (SSSR count). The highest BCUT2D eigenvalue weighted by molar-refractivity contribution is 7.25. The van der Waals surface area contributed by atoms with Gasteiger partial charge in [0.05, 0.1) is 15.9 Å². The number of benzene rings is 4. The summed E-state index contributed by atoms with van der Waals surface area (Å²) in [6.07, 6.45) is 6.31. The molecule has 0 saturated heterocycles. The molecule has 0 spiro atoms. The third-order valence-electron chi connectivity index (χ3n) is 7.19. The van der Waals surface area contributed by atoms with Crippen molar-refractivity contribution in [1.29, 1.82) is 0 Å². The van der Waals surface area contributed by atoms with Crippen molar-refractivity contribution >= 4 is 64.0 Å². The zero-order valence-corrected chi connectivity index (χ0v) is 18.0. The van der Waals surface area contributed by atoms with Crippen LogP contribution in [0.4, 0.5) is 0 Å². The van der Waals surface area contributed by atoms with Crippen LogP contribution in [-0.2, 0) is 0 Å². The number of pyridine rings is 1. The lowest BCUT2D eigenvalue weighted by molar-refractivity contribution is 0.440. The van der Waals surface area contributed by atoms with Crippen LogP contribution in [0.2, 0.25) is 0 Å². The van der Waals surface area contributed by atoms with E-state index in [1.807, 2.05) is 35.6 Å². The fourth-order valence-corrected chi connectivity index (χ4v) is 7.01. The maximum Gasteiger partial charge on any atom is 0.194 e. The molecule has 1 aliphatic carbocycles. The lowest BCUT2D eigenvalue weighted by atomic mass is 9.85. The van der Waals surface area contributed by atoms with Gasteiger partial charge in [0.15, 0.2) is 5.43 Å². The third kappa shape index (κ3) is 2.38. The Bertz CT molecular complexity index is 1690. The Hall–Kier alpha value is -3.04. The number of nitrogens with zero attached hydrogens (tertiary/aromatic N) is 1. The molecular formula is C28H21NOS. The van der Waals surface area contributed by atoms with E-state index < -0.39 is 0 Å². The monoisotopic (exact) mass is 419 g/mol. The first-order valence-corrected chi connectivity index (χ1v) is 12.0. The first-order valence-electron chi connectivity index (χ1n) is 11.2. The van der Waals surface area contributed by atoms with Crippen molar-refractivity contribution in [3.05, 3.63) is 76.6 Å². The standard InChI is InChI=1S/C28H21NOS/c30-27-20-12-5-4-11-19(20)26-23-21(27)15-14-18-17-10-6-7-13-22(17)31-28(24(18)23)25(29-26)16-8-2-1-3-9-16/h4-7,10-16H,1-3,8-9H2. The molecule has 0 amide bonds. The minimum absolute atomic E-state index is 0.122. The van der Waals surface area contributed by atoms with E-state index >= 15 is 0 Å². The molecule has 0 radical (unpaired) electrons. The summed E-state index contributed by atoms with van der Waals surface area (Å²) in [6, 6.07) is 20.9. The molecular weight excluding hydrogens is 398 g/mol. The van der Waals surface area contributed by atoms with Gasteiger partial charge in [-0.1, -0.05) is 67.8 Å². The summed E-state index contributed by atoms with van der Waals surface area (Å²) in [4.78, 5) is 18.8. The maximum atomic E-state index is 13.4. The van der Waals surface area contributed by atoms with Gasteiger partial charge in [-0.15, -0.1) is 11.3 Å². The van der Waals surface area contributed by atoms with Crippen LogP contribution in [0.5, 0.6) is 0 Å². The first kappa shape index (κ1) is 17.6. The minimum Gasteiger partial charge on any atom is -0.289 e. The summed E-state index contributed by atoms with van der Waals surface area (Å²) >= 11 is 1.86. The van der Waals surface area contributed by atoms with Crippen LogP contribution < -0.4 is 5.43 Å². The largest absolute Gasteiger partial charge is 0.289 e. The van der Waals surface area contributed by atoms with E-state index in [0.717, 1.165) is 27.1 Å². The molecule has 0 aliphatic heterocycles. The van der Waals surface area contributed by atoms with Crippen molar-refractivity contribution in [2.75, 3.05) is 0 Å². The number of fused-ring (bicyclic) bond motifs is 4. The quantitative estimate of drug-likeness (QED) is 0.201. The Balaban J connectivity index is 1.79. The molecule has 3 heteroatoms. The highest BCUT2D eigenvalue weighted by Crippen LogP contribution is 2.46. The molecule has 2 aromatic heterocycles. The van der Waals surface area contributed by atoms with Crippen molar-refractivity contribution in [1.82, 2.24) is 4.98 Å². The summed E-state index contributed by atoms with van der Waals surface area (Å²) in [5.41, 5.74) is 2.38. The lowest BCUT2D eigenvalue weighted by Crippen LogP contribution is -2.10. The second kappa shape index (κ2) is 6.48. The fourth-order valence-electron chi connectivity index (χ4n) is 5.73. The first-order chi connectivity index (χ1) is 15.3. The topological polar surface area (TPSA) is 30.0 Å². The van der Waals surface area contributed by atoms with Gasteiger partial charge in [0.1, 0.15) is 0 Å². The van der Waals surface area contributed by atoms with E-state index in [9.17, 15) is 4.79 Å². The summed E-state index contributed by atoms with van der Waals surface area (Å²) in [7, 11) is 0. The summed E-state index contributed by atoms with van der Waals surface area (Å²) < 4.78 is 2.58. The molecule has 150 valence electrons. The van der Waals surface area contributed by atoms with E-state index in [1.165, 1.54) is 63.4 Å². The highest BCUT2D eigenvalue weighted by Gasteiger charge is 2.25. The molecule has 1 saturated carbocycles. The van der Waals surface area contributed by atoms with Crippen molar-refractivity contribution in [3.63, 3.8) is 0 Å². The molecule has 2 heterocycles. The lowest BCUT2D eigenvalue weighted by Gasteiger charge is -2.24. The Morgan fingerprint density at radius 1 is 0.710 bits per heavy atom. The van der Waals surface area contributed by atoms with Crippen LogP contribution in [0.1, 0.15) is 43.7 Å². The van der Waals surface area contributed by atoms with E-state index in [1.54, 1.807) is 0 Å². The SMILES string of the molecule is O=c1c2ccccc2c2nc(C3CCCCC3)c3sc4ccccc4c4ccc1c2c34. The minimum atomic E-state index is 0.122. The molecule has 1 fully saturated rings. The number of aromatic nitrogens is 1. The number of rotatable bonds is 1. The van der Waals surface area contributed by atoms with Gasteiger partial charge in [0, 0.05) is 37.5 Å². The van der Waals surface area contributed by atoms with Crippen molar-refractivity contribution in [3.8, 4) is 0 Å². The third-order valence-corrected chi connectivity index (χ3v) is 8.38. The van der Waals surface area contributed by atoms with E-state index in [0.29, 0.717) is 5.92 Å². The van der Waals surface area contributed by atoms with Gasteiger partial charge in [0.2, 0.25) is 0 Å². The maximum absolute atomic E-state index is 13.4. The smallest absolute Gasteiger partial charge is 0.194 e. The predicted molar refractivity (Wildman–Crippen MR) is 133 cm³/mol. The molecule has 2 nitrogen and oxygen atoms in total. The number of hydrogen-bond donors (Lipinski definition) is 0. The molecule has 6 aromatic rings. The Labute approximate surface area is 183 Å². The predicted octanol–water partition coefficient (Wildman–Crippen LogP) is 7.75. The van der Waals surface area contributed by atoms with Crippen LogP contribution in [0.3, 0.4) is 0 Å². The van der Waals surface area contributed by atoms with Crippen molar-refractivity contribution < 1.29 is 0 Å². The Morgan fingerprint density at radius 2 is 1.42 bits per heavy atom. The second-order valence-corrected chi connectivity index (χ2v) is 9.95. The van der Waals surface area contributed by atoms with Crippen LogP contribution >= 0.6 is 11.3 Å². The number of hydrogen-bond acceptors (Lipinski definition) is 3. The molecule has 0 bridgehead atoms. The molecule has 4 aromatic carbocycles. The summed E-state index contributed by atoms with van der Waals surface area (Å²) in [5, 5.41) is 7.39. The molecule has 0 N–H and O–H groups in total. The second-order valence-electron chi connectivity index (χ2n) is 8.89. The van der Waals surface area contributed by atoms with Gasteiger partial charge in [-0.2, -0.15) is 0 Å². The van der Waals surface area contributed by atoms with Crippen molar-refractivity contribution in [2.45, 2.75) is 38.0 Å². The highest BCUT2D eigenvalue weighted by atomic mass is 32.1. The van der Waals surface area contributed by atoms with Crippen LogP contribution in [-0.4, -0.2) is 4.98 Å². The zero-order valence-electron chi connectivity index (χ0n) is 17.2. The average molecular weight is 420 g/mol. The van der Waals surface area contributed by atoms with Crippen LogP contribution in [0.15, 0.2) is 65.5 Å². The van der Waals surface area contributed by atoms with E-state index in [2.05, 4.69) is 36.4 Å². The van der Waals surface area contributed by atoms with E-state index in [4.69, 9.17) is 4.98 Å². The van der Waals surface area contributed by atoms with Gasteiger partial charge < -0.3 is 0 Å². The fraction of sp³-hybridized carbons (Fsp3) is 0.214. The average Bonchev–Trinajstić information content (AvgIpc) is 2.84. The summed E-state index contributed by atoms with van der Waals surface area (Å²) in [5.74, 6) is 0.503. The summed E-state index contributed by atoms with van der Waals surface area (Å²) in [6.45, 7) is 0. The molecule has 31 heavy (non-hydrogen) atoms. The van der Waals surface area contributed by atoms with Gasteiger partial charge in [-0.05, 0) is 35.7 Å². The molecule has 0 atom stereocenters. The van der Waals surface area contributed by atoms with Crippen molar-refractivity contribution in [2.24, 2.45) is 0 Å². The van der Waals surface area contributed by atoms with Gasteiger partial charge in [0.25, 0.3) is 0 Å². The normalized spacial score (nSPS) is 15.7. The molecule has 1 aliphatic rings. The van der Waals surface area contributed by atoms with Gasteiger partial charge >= 0.3 is 0 Å². The van der Waals surface area contributed by atoms with Crippen LogP contribution in [0.25, 0.3) is 52.6 Å².